The van der Waals surface area contributed by atoms with Crippen molar-refractivity contribution in [2.24, 2.45) is 10.8 Å². The number of methoxy groups -OCH3 is 1. The van der Waals surface area contributed by atoms with Gasteiger partial charge in [-0.25, -0.2) is 0 Å². The maximum absolute atomic E-state index is 12.6. The second kappa shape index (κ2) is 16.2. The normalized spacial score (nSPS) is 12.4. The van der Waals surface area contributed by atoms with E-state index in [1.165, 1.54) is 7.11 Å². The van der Waals surface area contributed by atoms with Crippen LogP contribution in [0.3, 0.4) is 0 Å². The molecule has 0 saturated heterocycles. The molecule has 0 aliphatic heterocycles. The number of benzene rings is 1. The van der Waals surface area contributed by atoms with Gasteiger partial charge < -0.3 is 24.3 Å². The Kier molecular flexibility index (Phi) is 14.2. The molecule has 0 amide bonds. The molecule has 220 valence electrons. The number of ether oxygens (including phenoxy) is 4. The van der Waals surface area contributed by atoms with Crippen molar-refractivity contribution in [1.82, 2.24) is 5.32 Å². The van der Waals surface area contributed by atoms with E-state index in [1.54, 1.807) is 18.2 Å². The van der Waals surface area contributed by atoms with Gasteiger partial charge in [0.15, 0.2) is 11.5 Å². The van der Waals surface area contributed by atoms with Crippen LogP contribution < -0.4 is 14.8 Å². The molecule has 0 heterocycles. The third kappa shape index (κ3) is 15.3. The molecule has 0 aliphatic rings. The van der Waals surface area contributed by atoms with Crippen molar-refractivity contribution in [3.05, 3.63) is 23.8 Å². The van der Waals surface area contributed by atoms with Crippen LogP contribution in [-0.2, 0) is 35.1 Å². The second-order valence-electron chi connectivity index (χ2n) is 12.1. The van der Waals surface area contributed by atoms with Crippen molar-refractivity contribution < 1.29 is 38.1 Å². The minimum absolute atomic E-state index is 0.105. The lowest BCUT2D eigenvalue weighted by Gasteiger charge is -2.20. The summed E-state index contributed by atoms with van der Waals surface area (Å²) in [6.07, 6.45) is 3.71. The van der Waals surface area contributed by atoms with Crippen LogP contribution in [0.1, 0.15) is 92.6 Å². The van der Waals surface area contributed by atoms with Crippen molar-refractivity contribution in [3.63, 3.8) is 0 Å². The molecular weight excluding hydrogens is 502 g/mol. The van der Waals surface area contributed by atoms with Gasteiger partial charge in [0.25, 0.3) is 0 Å². The number of hydrogen-bond acceptors (Lipinski definition) is 9. The molecule has 9 nitrogen and oxygen atoms in total. The van der Waals surface area contributed by atoms with Crippen LogP contribution >= 0.6 is 0 Å². The molecule has 1 rings (SSSR count). The lowest BCUT2D eigenvalue weighted by molar-refractivity contribution is -0.144. The molecule has 9 heteroatoms. The summed E-state index contributed by atoms with van der Waals surface area (Å²) in [5.41, 5.74) is 0.0872. The SMILES string of the molecule is CCCCCC(=O)OCCN[C@@H](Cc1ccc(OC(=O)CC(C)(C)C)c(OC(=O)CC(C)(C)C)c1)C(=O)OC. The first kappa shape index (κ1) is 34.1. The smallest absolute Gasteiger partial charge is 0.323 e. The third-order valence-corrected chi connectivity index (χ3v) is 5.47. The van der Waals surface area contributed by atoms with Gasteiger partial charge in [-0.05, 0) is 41.4 Å². The van der Waals surface area contributed by atoms with Gasteiger partial charge in [0.05, 0.1) is 20.0 Å². The molecule has 1 aromatic rings. The Balaban J connectivity index is 3.00. The topological polar surface area (TPSA) is 117 Å². The minimum atomic E-state index is -0.735. The Morgan fingerprint density at radius 2 is 1.44 bits per heavy atom. The van der Waals surface area contributed by atoms with Gasteiger partial charge in [0.1, 0.15) is 12.6 Å². The monoisotopic (exact) mass is 549 g/mol. The number of nitrogens with one attached hydrogen (secondary N) is 1. The molecule has 0 aromatic heterocycles. The quantitative estimate of drug-likeness (QED) is 0.180. The van der Waals surface area contributed by atoms with E-state index in [-0.39, 0.29) is 60.7 Å². The predicted molar refractivity (Wildman–Crippen MR) is 148 cm³/mol. The summed E-state index contributed by atoms with van der Waals surface area (Å²) in [6, 6.07) is 4.11. The van der Waals surface area contributed by atoms with Crippen LogP contribution in [0.5, 0.6) is 11.5 Å². The van der Waals surface area contributed by atoms with Crippen LogP contribution in [0.2, 0.25) is 0 Å². The lowest BCUT2D eigenvalue weighted by Crippen LogP contribution is -2.41. The Morgan fingerprint density at radius 3 is 1.97 bits per heavy atom. The standard InChI is InChI=1S/C30H47NO8/c1-9-10-11-12-25(32)37-16-15-31-22(28(35)36-8)17-21-13-14-23(38-26(33)19-29(2,3)4)24(18-21)39-27(34)20-30(5,6)7/h13-14,18,22,31H,9-12,15-17,19-20H2,1-8H3/t22-/m0/s1. The average molecular weight is 550 g/mol. The number of esters is 4. The fourth-order valence-electron chi connectivity index (χ4n) is 3.63. The molecule has 0 fully saturated rings. The van der Waals surface area contributed by atoms with E-state index in [0.29, 0.717) is 12.0 Å². The van der Waals surface area contributed by atoms with Crippen LogP contribution in [0.15, 0.2) is 18.2 Å². The summed E-state index contributed by atoms with van der Waals surface area (Å²) in [5, 5.41) is 3.06. The zero-order valence-corrected chi connectivity index (χ0v) is 24.9. The first-order valence-electron chi connectivity index (χ1n) is 13.6. The maximum Gasteiger partial charge on any atom is 0.323 e. The van der Waals surface area contributed by atoms with Crippen LogP contribution in [0, 0.1) is 10.8 Å². The molecule has 1 N–H and O–H groups in total. The summed E-state index contributed by atoms with van der Waals surface area (Å²) in [5.74, 6) is -1.42. The van der Waals surface area contributed by atoms with E-state index < -0.39 is 23.9 Å². The van der Waals surface area contributed by atoms with Crippen LogP contribution in [0.4, 0.5) is 0 Å². The van der Waals surface area contributed by atoms with Gasteiger partial charge in [0, 0.05) is 13.0 Å². The number of carbonyl (C=O) groups excluding carboxylic acids is 4. The zero-order chi connectivity index (χ0) is 29.6. The number of hydrogen-bond donors (Lipinski definition) is 1. The van der Waals surface area contributed by atoms with Gasteiger partial charge in [-0.2, -0.15) is 0 Å². The van der Waals surface area contributed by atoms with Gasteiger partial charge >= 0.3 is 23.9 Å². The van der Waals surface area contributed by atoms with Gasteiger partial charge in [-0.3, -0.25) is 19.2 Å². The summed E-state index contributed by atoms with van der Waals surface area (Å²) < 4.78 is 21.3. The van der Waals surface area contributed by atoms with E-state index in [4.69, 9.17) is 18.9 Å². The van der Waals surface area contributed by atoms with Crippen LogP contribution in [0.25, 0.3) is 0 Å². The highest BCUT2D eigenvalue weighted by Gasteiger charge is 2.24. The molecule has 1 atom stereocenters. The first-order valence-corrected chi connectivity index (χ1v) is 13.6. The molecule has 0 radical (unpaired) electrons. The number of rotatable bonds is 15. The van der Waals surface area contributed by atoms with Crippen LogP contribution in [-0.4, -0.2) is 50.2 Å². The highest BCUT2D eigenvalue weighted by molar-refractivity contribution is 5.78. The highest BCUT2D eigenvalue weighted by Crippen LogP contribution is 2.32. The summed E-state index contributed by atoms with van der Waals surface area (Å²) in [4.78, 5) is 49.3. The molecule has 0 aliphatic carbocycles. The number of unbranched alkanes of at least 4 members (excludes halogenated alkanes) is 2. The van der Waals surface area contributed by atoms with E-state index in [2.05, 4.69) is 12.2 Å². The van der Waals surface area contributed by atoms with E-state index >= 15 is 0 Å². The largest absolute Gasteiger partial charge is 0.468 e. The Labute approximate surface area is 233 Å². The summed E-state index contributed by atoms with van der Waals surface area (Å²) >= 11 is 0. The zero-order valence-electron chi connectivity index (χ0n) is 24.9. The molecule has 0 saturated carbocycles. The molecule has 0 unspecified atom stereocenters. The van der Waals surface area contributed by atoms with Gasteiger partial charge in [-0.15, -0.1) is 0 Å². The molecule has 39 heavy (non-hydrogen) atoms. The molecule has 0 bridgehead atoms. The maximum atomic E-state index is 12.6. The number of carbonyl (C=O) groups is 4. The van der Waals surface area contributed by atoms with E-state index in [1.807, 2.05) is 41.5 Å². The average Bonchev–Trinajstić information content (AvgIpc) is 2.79. The van der Waals surface area contributed by atoms with Crippen molar-refractivity contribution in [1.29, 1.82) is 0 Å². The minimum Gasteiger partial charge on any atom is -0.468 e. The Hall–Kier alpha value is -2.94. The predicted octanol–water partition coefficient (Wildman–Crippen LogP) is 5.17. The lowest BCUT2D eigenvalue weighted by atomic mass is 9.92. The van der Waals surface area contributed by atoms with E-state index in [9.17, 15) is 19.2 Å². The fraction of sp³-hybridized carbons (Fsp3) is 0.667. The fourth-order valence-corrected chi connectivity index (χ4v) is 3.63. The second-order valence-corrected chi connectivity index (χ2v) is 12.1. The van der Waals surface area contributed by atoms with Gasteiger partial charge in [-0.1, -0.05) is 67.4 Å². The van der Waals surface area contributed by atoms with Crippen molar-refractivity contribution >= 4 is 23.9 Å². The van der Waals surface area contributed by atoms with Crippen molar-refractivity contribution in [2.75, 3.05) is 20.3 Å². The Morgan fingerprint density at radius 1 is 0.846 bits per heavy atom. The Bertz CT molecular complexity index is 959. The highest BCUT2D eigenvalue weighted by atomic mass is 16.6. The van der Waals surface area contributed by atoms with Crippen molar-refractivity contribution in [3.8, 4) is 11.5 Å². The third-order valence-electron chi connectivity index (χ3n) is 5.47. The molecule has 1 aromatic carbocycles. The van der Waals surface area contributed by atoms with E-state index in [0.717, 1.165) is 19.3 Å². The van der Waals surface area contributed by atoms with Gasteiger partial charge in [0.2, 0.25) is 0 Å². The summed E-state index contributed by atoms with van der Waals surface area (Å²) in [6.45, 7) is 14.0. The molecule has 0 spiro atoms. The van der Waals surface area contributed by atoms with Crippen molar-refractivity contribution in [2.45, 2.75) is 99.5 Å². The molecular formula is C30H47NO8. The summed E-state index contributed by atoms with van der Waals surface area (Å²) in [7, 11) is 1.29. The first-order chi connectivity index (χ1) is 18.1.